The summed E-state index contributed by atoms with van der Waals surface area (Å²) < 4.78 is 5.02. The van der Waals surface area contributed by atoms with Gasteiger partial charge in [-0.25, -0.2) is 4.79 Å². The van der Waals surface area contributed by atoms with E-state index in [1.807, 2.05) is 0 Å². The zero-order chi connectivity index (χ0) is 13.1. The number of piperidine rings is 1. The van der Waals surface area contributed by atoms with E-state index in [4.69, 9.17) is 9.84 Å². The van der Waals surface area contributed by atoms with E-state index in [2.05, 4.69) is 6.58 Å². The molecule has 2 atom stereocenters. The van der Waals surface area contributed by atoms with E-state index in [0.29, 0.717) is 37.8 Å². The Bertz CT molecular complexity index is 341. The van der Waals surface area contributed by atoms with Crippen molar-refractivity contribution in [1.29, 1.82) is 0 Å². The van der Waals surface area contributed by atoms with E-state index in [9.17, 15) is 9.59 Å². The van der Waals surface area contributed by atoms with Gasteiger partial charge in [-0.05, 0) is 31.1 Å². The Morgan fingerprint density at radius 1 is 1.28 bits per heavy atom. The fourth-order valence-electron chi connectivity index (χ4n) is 3.13. The fraction of sp³-hybridized carbons (Fsp3) is 0.692. The molecule has 18 heavy (non-hydrogen) atoms. The second-order valence-corrected chi connectivity index (χ2v) is 5.24. The molecule has 0 aromatic heterocycles. The monoisotopic (exact) mass is 253 g/mol. The van der Waals surface area contributed by atoms with Crippen LogP contribution in [0.3, 0.4) is 0 Å². The number of fused-ring (bicyclic) bond motifs is 2. The minimum atomic E-state index is -0.701. The minimum Gasteiger partial charge on any atom is -0.481 e. The summed E-state index contributed by atoms with van der Waals surface area (Å²) in [6, 6.07) is 0. The molecule has 2 fully saturated rings. The van der Waals surface area contributed by atoms with Crippen LogP contribution < -0.4 is 0 Å². The number of aliphatic carboxylic acids is 1. The van der Waals surface area contributed by atoms with Crippen LogP contribution in [0.15, 0.2) is 12.7 Å². The molecule has 1 heterocycles. The molecule has 1 saturated carbocycles. The van der Waals surface area contributed by atoms with Gasteiger partial charge in [0.05, 0.1) is 5.92 Å². The van der Waals surface area contributed by atoms with E-state index in [1.165, 1.54) is 0 Å². The molecule has 1 amide bonds. The zero-order valence-electron chi connectivity index (χ0n) is 10.4. The smallest absolute Gasteiger partial charge is 0.410 e. The molecule has 100 valence electrons. The number of carboxylic acids is 1. The predicted molar refractivity (Wildman–Crippen MR) is 65.1 cm³/mol. The number of nitrogens with zero attached hydrogens (tertiary/aromatic N) is 1. The van der Waals surface area contributed by atoms with E-state index < -0.39 is 5.97 Å². The SMILES string of the molecule is C=CCOC(=O)N1CC2CC(CC(C(=O)O)C2)C1. The first kappa shape index (κ1) is 12.9. The van der Waals surface area contributed by atoms with E-state index in [1.54, 1.807) is 11.0 Å². The molecule has 0 radical (unpaired) electrons. The Hall–Kier alpha value is -1.52. The number of amides is 1. The third-order valence-electron chi connectivity index (χ3n) is 3.79. The number of carboxylic acid groups (broad SMARTS) is 1. The number of hydrogen-bond acceptors (Lipinski definition) is 3. The van der Waals surface area contributed by atoms with Crippen LogP contribution in [0.1, 0.15) is 19.3 Å². The lowest BCUT2D eigenvalue weighted by atomic mass is 9.72. The number of likely N-dealkylation sites (tertiary alicyclic amines) is 1. The van der Waals surface area contributed by atoms with Crippen LogP contribution in [0, 0.1) is 17.8 Å². The molecule has 2 aliphatic rings. The average molecular weight is 253 g/mol. The lowest BCUT2D eigenvalue weighted by Crippen LogP contribution is -2.48. The summed E-state index contributed by atoms with van der Waals surface area (Å²) in [5, 5.41) is 9.07. The molecular formula is C13H19NO4. The lowest BCUT2D eigenvalue weighted by Gasteiger charge is -2.42. The summed E-state index contributed by atoms with van der Waals surface area (Å²) >= 11 is 0. The van der Waals surface area contributed by atoms with Gasteiger partial charge in [0.1, 0.15) is 6.61 Å². The number of carbonyl (C=O) groups is 2. The van der Waals surface area contributed by atoms with Crippen LogP contribution in [-0.2, 0) is 9.53 Å². The Kier molecular flexibility index (Phi) is 3.89. The molecule has 1 N–H and O–H groups in total. The van der Waals surface area contributed by atoms with Crippen LogP contribution in [0.4, 0.5) is 4.79 Å². The van der Waals surface area contributed by atoms with Gasteiger partial charge in [0.2, 0.25) is 0 Å². The lowest BCUT2D eigenvalue weighted by molar-refractivity contribution is -0.144. The maximum absolute atomic E-state index is 11.7. The van der Waals surface area contributed by atoms with Crippen molar-refractivity contribution in [3.8, 4) is 0 Å². The van der Waals surface area contributed by atoms with Crippen molar-refractivity contribution in [3.05, 3.63) is 12.7 Å². The first-order valence-electron chi connectivity index (χ1n) is 6.35. The van der Waals surface area contributed by atoms with Crippen molar-refractivity contribution < 1.29 is 19.4 Å². The van der Waals surface area contributed by atoms with Crippen molar-refractivity contribution in [2.75, 3.05) is 19.7 Å². The van der Waals surface area contributed by atoms with Crippen LogP contribution in [0.2, 0.25) is 0 Å². The predicted octanol–water partition coefficient (Wildman–Crippen LogP) is 1.74. The Morgan fingerprint density at radius 2 is 1.89 bits per heavy atom. The van der Waals surface area contributed by atoms with Crippen molar-refractivity contribution in [2.45, 2.75) is 19.3 Å². The number of rotatable bonds is 3. The molecule has 2 bridgehead atoms. The third-order valence-corrected chi connectivity index (χ3v) is 3.79. The van der Waals surface area contributed by atoms with Crippen molar-refractivity contribution in [3.63, 3.8) is 0 Å². The molecule has 1 aliphatic heterocycles. The molecule has 5 heteroatoms. The summed E-state index contributed by atoms with van der Waals surface area (Å²) in [7, 11) is 0. The van der Waals surface area contributed by atoms with Gasteiger partial charge in [-0.2, -0.15) is 0 Å². The molecule has 2 rings (SSSR count). The van der Waals surface area contributed by atoms with Crippen molar-refractivity contribution in [2.24, 2.45) is 17.8 Å². The molecule has 1 saturated heterocycles. The molecular weight excluding hydrogens is 234 g/mol. The number of carbonyl (C=O) groups excluding carboxylic acids is 1. The van der Waals surface area contributed by atoms with E-state index in [0.717, 1.165) is 6.42 Å². The van der Waals surface area contributed by atoms with E-state index >= 15 is 0 Å². The summed E-state index contributed by atoms with van der Waals surface area (Å²) in [5.41, 5.74) is 0. The second kappa shape index (κ2) is 5.42. The summed E-state index contributed by atoms with van der Waals surface area (Å²) in [6.45, 7) is 4.97. The van der Waals surface area contributed by atoms with Gasteiger partial charge in [-0.1, -0.05) is 12.7 Å². The zero-order valence-corrected chi connectivity index (χ0v) is 10.4. The quantitative estimate of drug-likeness (QED) is 0.778. The molecule has 1 aliphatic carbocycles. The highest BCUT2D eigenvalue weighted by Gasteiger charge is 2.39. The van der Waals surface area contributed by atoms with Gasteiger partial charge in [-0.3, -0.25) is 4.79 Å². The maximum Gasteiger partial charge on any atom is 0.410 e. The average Bonchev–Trinajstić information content (AvgIpc) is 2.34. The van der Waals surface area contributed by atoms with Crippen molar-refractivity contribution >= 4 is 12.1 Å². The first-order valence-corrected chi connectivity index (χ1v) is 6.35. The Morgan fingerprint density at radius 3 is 2.39 bits per heavy atom. The van der Waals surface area contributed by atoms with Gasteiger partial charge in [0.15, 0.2) is 0 Å². The largest absolute Gasteiger partial charge is 0.481 e. The van der Waals surface area contributed by atoms with Crippen LogP contribution in [0.25, 0.3) is 0 Å². The topological polar surface area (TPSA) is 66.8 Å². The van der Waals surface area contributed by atoms with Gasteiger partial charge >= 0.3 is 12.1 Å². The molecule has 0 spiro atoms. The molecule has 0 aromatic rings. The molecule has 2 unspecified atom stereocenters. The Labute approximate surface area is 106 Å². The highest BCUT2D eigenvalue weighted by molar-refractivity contribution is 5.70. The van der Waals surface area contributed by atoms with Crippen LogP contribution in [-0.4, -0.2) is 41.8 Å². The number of ether oxygens (including phenoxy) is 1. The minimum absolute atomic E-state index is 0.225. The van der Waals surface area contributed by atoms with Crippen LogP contribution in [0.5, 0.6) is 0 Å². The van der Waals surface area contributed by atoms with Crippen LogP contribution >= 0.6 is 0 Å². The van der Waals surface area contributed by atoms with Gasteiger partial charge in [-0.15, -0.1) is 0 Å². The fourth-order valence-corrected chi connectivity index (χ4v) is 3.13. The standard InChI is InChI=1S/C13H19NO4/c1-2-3-18-13(17)14-7-9-4-10(8-14)6-11(5-9)12(15)16/h2,9-11H,1,3-8H2,(H,15,16). The summed E-state index contributed by atoms with van der Waals surface area (Å²) in [4.78, 5) is 24.5. The highest BCUT2D eigenvalue weighted by Crippen LogP contribution is 2.38. The summed E-state index contributed by atoms with van der Waals surface area (Å²) in [6.07, 6.45) is 3.63. The van der Waals surface area contributed by atoms with Gasteiger partial charge in [0, 0.05) is 13.1 Å². The summed E-state index contributed by atoms with van der Waals surface area (Å²) in [5.74, 6) is -0.336. The molecule has 5 nitrogen and oxygen atoms in total. The normalized spacial score (nSPS) is 30.7. The second-order valence-electron chi connectivity index (χ2n) is 5.24. The maximum atomic E-state index is 11.7. The van der Waals surface area contributed by atoms with E-state index in [-0.39, 0.29) is 18.6 Å². The third kappa shape index (κ3) is 2.83. The molecule has 0 aromatic carbocycles. The van der Waals surface area contributed by atoms with Crippen molar-refractivity contribution in [1.82, 2.24) is 4.90 Å². The number of hydrogen-bond donors (Lipinski definition) is 1. The van der Waals surface area contributed by atoms with Gasteiger partial charge in [0.25, 0.3) is 0 Å². The first-order chi connectivity index (χ1) is 8.60. The highest BCUT2D eigenvalue weighted by atomic mass is 16.6. The van der Waals surface area contributed by atoms with Gasteiger partial charge < -0.3 is 14.7 Å². The Balaban J connectivity index is 1.92.